The Morgan fingerprint density at radius 1 is 1.53 bits per heavy atom. The first kappa shape index (κ1) is 15.7. The van der Waals surface area contributed by atoms with Crippen LogP contribution in [0.2, 0.25) is 0 Å². The highest BCUT2D eigenvalue weighted by molar-refractivity contribution is 8.13. The first-order chi connectivity index (χ1) is 9.04. The molecule has 0 saturated heterocycles. The van der Waals surface area contributed by atoms with Crippen molar-refractivity contribution in [1.82, 2.24) is 4.98 Å². The van der Waals surface area contributed by atoms with Crippen molar-refractivity contribution in [3.63, 3.8) is 0 Å². The van der Waals surface area contributed by atoms with Crippen molar-refractivity contribution in [2.75, 3.05) is 18.1 Å². The molecule has 0 spiro atoms. The number of hydrogen-bond donors (Lipinski definition) is 1. The van der Waals surface area contributed by atoms with E-state index in [-0.39, 0.29) is 10.8 Å². The number of anilines is 1. The van der Waals surface area contributed by atoms with E-state index in [2.05, 4.69) is 4.98 Å². The van der Waals surface area contributed by atoms with Crippen molar-refractivity contribution in [2.24, 2.45) is 0 Å². The number of aromatic nitrogens is 1. The van der Waals surface area contributed by atoms with E-state index in [9.17, 15) is 9.59 Å². The Bertz CT molecular complexity index is 483. The quantitative estimate of drug-likeness (QED) is 0.642. The van der Waals surface area contributed by atoms with Crippen LogP contribution in [0.5, 0.6) is 0 Å². The molecular formula is C12H16N2O3S2. The zero-order valence-corrected chi connectivity index (χ0v) is 12.5. The highest BCUT2D eigenvalue weighted by Gasteiger charge is 2.16. The van der Waals surface area contributed by atoms with Crippen LogP contribution in [-0.4, -0.2) is 28.4 Å². The number of carbonyl (C=O) groups excluding carboxylic acids is 2. The molecule has 0 aromatic carbocycles. The van der Waals surface area contributed by atoms with Gasteiger partial charge in [0.2, 0.25) is 0 Å². The molecule has 2 N–H and O–H groups in total. The number of ether oxygens (including phenoxy) is 1. The SMILES string of the molecule is CCOC(=O)c1nc(N)sc1C=CCCSC(C)=O. The molecule has 0 radical (unpaired) electrons. The van der Waals surface area contributed by atoms with Crippen LogP contribution in [0.1, 0.15) is 35.6 Å². The number of thioether (sulfide) groups is 1. The average Bonchev–Trinajstić information content (AvgIpc) is 2.70. The van der Waals surface area contributed by atoms with Gasteiger partial charge in [0.05, 0.1) is 11.5 Å². The Morgan fingerprint density at radius 2 is 2.26 bits per heavy atom. The molecule has 0 aliphatic heterocycles. The second-order valence-corrected chi connectivity index (χ2v) is 5.85. The largest absolute Gasteiger partial charge is 0.461 e. The Labute approximate surface area is 120 Å². The minimum Gasteiger partial charge on any atom is -0.461 e. The third kappa shape index (κ3) is 5.44. The lowest BCUT2D eigenvalue weighted by atomic mass is 10.3. The molecule has 0 bridgehead atoms. The normalized spacial score (nSPS) is 10.8. The van der Waals surface area contributed by atoms with Crippen molar-refractivity contribution >= 4 is 45.4 Å². The molecule has 7 heteroatoms. The van der Waals surface area contributed by atoms with Crippen LogP contribution in [0, 0.1) is 0 Å². The van der Waals surface area contributed by atoms with Crippen molar-refractivity contribution < 1.29 is 14.3 Å². The zero-order valence-electron chi connectivity index (χ0n) is 10.8. The third-order valence-electron chi connectivity index (χ3n) is 2.00. The van der Waals surface area contributed by atoms with Crippen LogP contribution in [0.3, 0.4) is 0 Å². The van der Waals surface area contributed by atoms with Crippen molar-refractivity contribution in [3.05, 3.63) is 16.6 Å². The molecule has 0 amide bonds. The zero-order chi connectivity index (χ0) is 14.3. The maximum absolute atomic E-state index is 11.6. The van der Waals surface area contributed by atoms with Crippen LogP contribution in [-0.2, 0) is 9.53 Å². The summed E-state index contributed by atoms with van der Waals surface area (Å²) in [6.07, 6.45) is 4.43. The van der Waals surface area contributed by atoms with E-state index < -0.39 is 5.97 Å². The lowest BCUT2D eigenvalue weighted by molar-refractivity contribution is -0.109. The molecule has 104 valence electrons. The van der Waals surface area contributed by atoms with E-state index in [0.717, 1.165) is 12.2 Å². The van der Waals surface area contributed by atoms with Crippen LogP contribution in [0.15, 0.2) is 6.08 Å². The van der Waals surface area contributed by atoms with Gasteiger partial charge in [-0.15, -0.1) is 0 Å². The second-order valence-electron chi connectivity index (χ2n) is 3.52. The molecule has 0 saturated carbocycles. The molecule has 1 rings (SSSR count). The number of hydrogen-bond acceptors (Lipinski definition) is 7. The van der Waals surface area contributed by atoms with E-state index in [4.69, 9.17) is 10.5 Å². The molecule has 1 heterocycles. The lowest BCUT2D eigenvalue weighted by Crippen LogP contribution is -2.06. The second kappa shape index (κ2) is 7.96. The summed E-state index contributed by atoms with van der Waals surface area (Å²) in [5.41, 5.74) is 5.85. The lowest BCUT2D eigenvalue weighted by Gasteiger charge is -1.98. The number of nitrogens with zero attached hydrogens (tertiary/aromatic N) is 1. The van der Waals surface area contributed by atoms with Gasteiger partial charge in [-0.25, -0.2) is 9.78 Å². The van der Waals surface area contributed by atoms with Crippen molar-refractivity contribution in [3.8, 4) is 0 Å². The van der Waals surface area contributed by atoms with Gasteiger partial charge in [0.1, 0.15) is 0 Å². The minimum absolute atomic E-state index is 0.0997. The molecule has 1 aromatic rings. The van der Waals surface area contributed by atoms with Gasteiger partial charge in [-0.1, -0.05) is 29.2 Å². The summed E-state index contributed by atoms with van der Waals surface area (Å²) < 4.78 is 4.91. The van der Waals surface area contributed by atoms with E-state index in [1.165, 1.54) is 30.0 Å². The van der Waals surface area contributed by atoms with Gasteiger partial charge in [-0.2, -0.15) is 0 Å². The highest BCUT2D eigenvalue weighted by Crippen LogP contribution is 2.23. The van der Waals surface area contributed by atoms with Crippen LogP contribution in [0.4, 0.5) is 5.13 Å². The van der Waals surface area contributed by atoms with Gasteiger partial charge in [-0.3, -0.25) is 4.79 Å². The number of thiazole rings is 1. The van der Waals surface area contributed by atoms with Crippen LogP contribution in [0.25, 0.3) is 6.08 Å². The molecule has 0 fully saturated rings. The van der Waals surface area contributed by atoms with E-state index >= 15 is 0 Å². The summed E-state index contributed by atoms with van der Waals surface area (Å²) in [5.74, 6) is 0.253. The first-order valence-corrected chi connectivity index (χ1v) is 7.58. The Morgan fingerprint density at radius 3 is 2.89 bits per heavy atom. The topological polar surface area (TPSA) is 82.3 Å². The monoisotopic (exact) mass is 300 g/mol. The van der Waals surface area contributed by atoms with Crippen LogP contribution < -0.4 is 5.73 Å². The van der Waals surface area contributed by atoms with E-state index in [0.29, 0.717) is 16.6 Å². The Balaban J connectivity index is 2.64. The molecular weight excluding hydrogens is 284 g/mol. The smallest absolute Gasteiger partial charge is 0.358 e. The van der Waals surface area contributed by atoms with Gasteiger partial charge in [-0.05, 0) is 19.4 Å². The number of allylic oxidation sites excluding steroid dienone is 1. The Kier molecular flexibility index (Phi) is 6.58. The maximum atomic E-state index is 11.6. The number of carbonyl (C=O) groups is 2. The Hall–Kier alpha value is -1.34. The fourth-order valence-corrected chi connectivity index (χ4v) is 2.56. The minimum atomic E-state index is -0.465. The van der Waals surface area contributed by atoms with Crippen molar-refractivity contribution in [1.29, 1.82) is 0 Å². The predicted molar refractivity (Wildman–Crippen MR) is 79.3 cm³/mol. The summed E-state index contributed by atoms with van der Waals surface area (Å²) in [4.78, 5) is 27.0. The predicted octanol–water partition coefficient (Wildman–Crippen LogP) is 2.59. The maximum Gasteiger partial charge on any atom is 0.358 e. The number of nitrogens with two attached hydrogens (primary N) is 1. The molecule has 1 aromatic heterocycles. The first-order valence-electron chi connectivity index (χ1n) is 5.78. The molecule has 0 unspecified atom stereocenters. The summed E-state index contributed by atoms with van der Waals surface area (Å²) in [7, 11) is 0. The molecule has 0 atom stereocenters. The van der Waals surface area contributed by atoms with Crippen LogP contribution >= 0.6 is 23.1 Å². The standard InChI is InChI=1S/C12H16N2O3S2/c1-3-17-11(16)10-9(19-12(13)14-10)6-4-5-7-18-8(2)15/h4,6H,3,5,7H2,1-2H3,(H2,13,14). The van der Waals surface area contributed by atoms with Crippen molar-refractivity contribution in [2.45, 2.75) is 20.3 Å². The molecule has 19 heavy (non-hydrogen) atoms. The van der Waals surface area contributed by atoms with Gasteiger partial charge in [0, 0.05) is 12.7 Å². The number of nitrogen functional groups attached to an aromatic ring is 1. The summed E-state index contributed by atoms with van der Waals surface area (Å²) in [6.45, 7) is 3.58. The van der Waals surface area contributed by atoms with Gasteiger partial charge in [0.15, 0.2) is 15.9 Å². The highest BCUT2D eigenvalue weighted by atomic mass is 32.2. The third-order valence-corrected chi connectivity index (χ3v) is 3.69. The van der Waals surface area contributed by atoms with Gasteiger partial charge >= 0.3 is 5.97 Å². The average molecular weight is 300 g/mol. The summed E-state index contributed by atoms with van der Waals surface area (Å²) in [6, 6.07) is 0. The number of rotatable bonds is 6. The number of esters is 1. The fraction of sp³-hybridized carbons (Fsp3) is 0.417. The van der Waals surface area contributed by atoms with Gasteiger partial charge in [0.25, 0.3) is 0 Å². The summed E-state index contributed by atoms with van der Waals surface area (Å²) >= 11 is 2.51. The molecule has 0 aliphatic rings. The summed E-state index contributed by atoms with van der Waals surface area (Å²) in [5, 5.41) is 0.434. The van der Waals surface area contributed by atoms with E-state index in [1.807, 2.05) is 6.08 Å². The van der Waals surface area contributed by atoms with Gasteiger partial charge < -0.3 is 10.5 Å². The molecule has 5 nitrogen and oxygen atoms in total. The molecule has 0 aliphatic carbocycles. The fourth-order valence-electron chi connectivity index (χ4n) is 1.27. The van der Waals surface area contributed by atoms with E-state index in [1.54, 1.807) is 13.0 Å².